The first-order valence-corrected chi connectivity index (χ1v) is 3.81. The van der Waals surface area contributed by atoms with Crippen molar-refractivity contribution in [3.05, 3.63) is 28.7 Å². The Hall–Kier alpha value is -0.670. The van der Waals surface area contributed by atoms with Gasteiger partial charge in [-0.2, -0.15) is 0 Å². The summed E-state index contributed by atoms with van der Waals surface area (Å²) < 4.78 is 0. The number of thiazole rings is 1. The van der Waals surface area contributed by atoms with E-state index < -0.39 is 6.10 Å². The molecule has 1 aromatic heterocycles. The number of hydrogen-bond donors (Lipinski definition) is 1. The summed E-state index contributed by atoms with van der Waals surface area (Å²) in [4.78, 5) is 4.70. The fourth-order valence-electron chi connectivity index (χ4n) is 0.604. The Morgan fingerprint density at radius 3 is 3.00 bits per heavy atom. The molecule has 0 aliphatic rings. The van der Waals surface area contributed by atoms with E-state index in [0.717, 1.165) is 10.5 Å². The maximum atomic E-state index is 9.36. The Morgan fingerprint density at radius 1 is 1.90 bits per heavy atom. The van der Waals surface area contributed by atoms with Gasteiger partial charge in [-0.05, 0) is 12.5 Å². The molecular formula is C7H9NOS. The van der Waals surface area contributed by atoms with Crippen LogP contribution in [0.25, 0.3) is 0 Å². The summed E-state index contributed by atoms with van der Waals surface area (Å²) in [6.07, 6.45) is 1.12. The summed E-state index contributed by atoms with van der Waals surface area (Å²) in [5.41, 5.74) is 2.45. The van der Waals surface area contributed by atoms with Gasteiger partial charge in [-0.15, -0.1) is 11.3 Å². The molecule has 0 amide bonds. The highest BCUT2D eigenvalue weighted by Crippen LogP contribution is 2.22. The second kappa shape index (κ2) is 2.94. The van der Waals surface area contributed by atoms with E-state index in [4.69, 9.17) is 0 Å². The normalized spacial score (nSPS) is 13.0. The van der Waals surface area contributed by atoms with Crippen molar-refractivity contribution < 1.29 is 5.11 Å². The average molecular weight is 155 g/mol. The smallest absolute Gasteiger partial charge is 0.110 e. The molecular weight excluding hydrogens is 146 g/mol. The highest BCUT2D eigenvalue weighted by atomic mass is 32.1. The number of aromatic nitrogens is 1. The summed E-state index contributed by atoms with van der Waals surface area (Å²) in [6, 6.07) is 0. The van der Waals surface area contributed by atoms with Crippen LogP contribution in [0, 0.1) is 0 Å². The Balaban J connectivity index is 2.77. The van der Waals surface area contributed by atoms with Crippen molar-refractivity contribution in [1.29, 1.82) is 0 Å². The molecule has 0 bridgehead atoms. The summed E-state index contributed by atoms with van der Waals surface area (Å²) >= 11 is 1.44. The van der Waals surface area contributed by atoms with Crippen molar-refractivity contribution in [2.75, 3.05) is 0 Å². The number of hydrogen-bond acceptors (Lipinski definition) is 3. The fraction of sp³-hybridized carbons (Fsp3) is 0.286. The summed E-state index contributed by atoms with van der Waals surface area (Å²) in [6.45, 7) is 5.44. The maximum Gasteiger partial charge on any atom is 0.110 e. The van der Waals surface area contributed by atoms with Crippen LogP contribution in [-0.4, -0.2) is 10.1 Å². The van der Waals surface area contributed by atoms with Gasteiger partial charge in [0.1, 0.15) is 6.10 Å². The van der Waals surface area contributed by atoms with Gasteiger partial charge < -0.3 is 5.11 Å². The van der Waals surface area contributed by atoms with Crippen LogP contribution in [0.15, 0.2) is 23.9 Å². The first kappa shape index (κ1) is 7.44. The Morgan fingerprint density at radius 2 is 2.60 bits per heavy atom. The molecule has 1 N–H and O–H groups in total. The van der Waals surface area contributed by atoms with Gasteiger partial charge in [0.15, 0.2) is 0 Å². The number of rotatable bonds is 2. The van der Waals surface area contributed by atoms with Crippen molar-refractivity contribution in [2.24, 2.45) is 0 Å². The van der Waals surface area contributed by atoms with Gasteiger partial charge in [0.25, 0.3) is 0 Å². The van der Waals surface area contributed by atoms with Gasteiger partial charge in [-0.25, -0.2) is 0 Å². The third kappa shape index (κ3) is 1.43. The predicted octanol–water partition coefficient (Wildman–Crippen LogP) is 1.75. The van der Waals surface area contributed by atoms with Crippen LogP contribution in [0.5, 0.6) is 0 Å². The van der Waals surface area contributed by atoms with E-state index in [1.54, 1.807) is 18.6 Å². The lowest BCUT2D eigenvalue weighted by atomic mass is 10.2. The molecule has 54 valence electrons. The number of nitrogens with zero attached hydrogens (tertiary/aromatic N) is 1. The first-order valence-electron chi connectivity index (χ1n) is 2.93. The second-order valence-corrected chi connectivity index (χ2v) is 3.07. The summed E-state index contributed by atoms with van der Waals surface area (Å²) in [7, 11) is 0. The molecule has 0 aliphatic carbocycles. The highest BCUT2D eigenvalue weighted by Gasteiger charge is 2.07. The molecule has 0 saturated heterocycles. The molecule has 1 unspecified atom stereocenters. The minimum atomic E-state index is -0.535. The number of aliphatic hydroxyl groups excluding tert-OH is 1. The third-order valence-corrected chi connectivity index (χ3v) is 2.02. The van der Waals surface area contributed by atoms with E-state index in [1.165, 1.54) is 11.3 Å². The average Bonchev–Trinajstić information content (AvgIpc) is 2.36. The standard InChI is InChI=1S/C7H9NOS/c1-5(2)7(9)6-3-8-4-10-6/h3-4,7,9H,1H2,2H3. The number of aliphatic hydroxyl groups is 1. The maximum absolute atomic E-state index is 9.36. The topological polar surface area (TPSA) is 33.1 Å². The Labute approximate surface area is 63.9 Å². The zero-order chi connectivity index (χ0) is 7.56. The first-order chi connectivity index (χ1) is 4.72. The molecule has 3 heteroatoms. The van der Waals surface area contributed by atoms with Crippen molar-refractivity contribution in [3.63, 3.8) is 0 Å². The van der Waals surface area contributed by atoms with Crippen molar-refractivity contribution in [3.8, 4) is 0 Å². The third-order valence-electron chi connectivity index (χ3n) is 1.19. The van der Waals surface area contributed by atoms with Crippen LogP contribution < -0.4 is 0 Å². The minimum Gasteiger partial charge on any atom is -0.383 e. The van der Waals surface area contributed by atoms with Gasteiger partial charge >= 0.3 is 0 Å². The molecule has 1 atom stereocenters. The monoisotopic (exact) mass is 155 g/mol. The molecule has 0 saturated carbocycles. The van der Waals surface area contributed by atoms with Crippen molar-refractivity contribution in [2.45, 2.75) is 13.0 Å². The molecule has 2 nitrogen and oxygen atoms in total. The molecule has 0 aromatic carbocycles. The largest absolute Gasteiger partial charge is 0.383 e. The summed E-state index contributed by atoms with van der Waals surface area (Å²) in [5.74, 6) is 0. The zero-order valence-electron chi connectivity index (χ0n) is 5.74. The molecule has 0 spiro atoms. The van der Waals surface area contributed by atoms with Gasteiger partial charge in [0.05, 0.1) is 10.4 Å². The lowest BCUT2D eigenvalue weighted by Gasteiger charge is -2.04. The minimum absolute atomic E-state index is 0.535. The lowest BCUT2D eigenvalue weighted by molar-refractivity contribution is 0.220. The van der Waals surface area contributed by atoms with E-state index in [9.17, 15) is 5.11 Å². The Bertz CT molecular complexity index is 218. The van der Waals surface area contributed by atoms with E-state index in [0.29, 0.717) is 0 Å². The van der Waals surface area contributed by atoms with Crippen LogP contribution in [0.4, 0.5) is 0 Å². The fourth-order valence-corrected chi connectivity index (χ4v) is 1.30. The zero-order valence-corrected chi connectivity index (χ0v) is 6.56. The molecule has 1 aromatic rings. The molecule has 1 heterocycles. The predicted molar refractivity (Wildman–Crippen MR) is 41.9 cm³/mol. The SMILES string of the molecule is C=C(C)C(O)c1cncs1. The second-order valence-electron chi connectivity index (χ2n) is 2.15. The molecule has 0 radical (unpaired) electrons. The van der Waals surface area contributed by atoms with Gasteiger partial charge in [-0.1, -0.05) is 6.58 Å². The van der Waals surface area contributed by atoms with Crippen molar-refractivity contribution in [1.82, 2.24) is 4.98 Å². The van der Waals surface area contributed by atoms with E-state index >= 15 is 0 Å². The van der Waals surface area contributed by atoms with Crippen LogP contribution in [0.1, 0.15) is 17.9 Å². The molecule has 10 heavy (non-hydrogen) atoms. The van der Waals surface area contributed by atoms with Crippen LogP contribution >= 0.6 is 11.3 Å². The lowest BCUT2D eigenvalue weighted by Crippen LogP contribution is -1.93. The van der Waals surface area contributed by atoms with E-state index in [-0.39, 0.29) is 0 Å². The van der Waals surface area contributed by atoms with Crippen molar-refractivity contribution >= 4 is 11.3 Å². The quantitative estimate of drug-likeness (QED) is 0.660. The molecule has 0 fully saturated rings. The highest BCUT2D eigenvalue weighted by molar-refractivity contribution is 7.09. The Kier molecular flexibility index (Phi) is 2.19. The van der Waals surface area contributed by atoms with Crippen LogP contribution in [0.2, 0.25) is 0 Å². The molecule has 1 rings (SSSR count). The van der Waals surface area contributed by atoms with Crippen LogP contribution in [-0.2, 0) is 0 Å². The van der Waals surface area contributed by atoms with E-state index in [2.05, 4.69) is 11.6 Å². The van der Waals surface area contributed by atoms with Crippen LogP contribution in [0.3, 0.4) is 0 Å². The van der Waals surface area contributed by atoms with Gasteiger partial charge in [0.2, 0.25) is 0 Å². The van der Waals surface area contributed by atoms with E-state index in [1.807, 2.05) is 0 Å². The van der Waals surface area contributed by atoms with Gasteiger partial charge in [-0.3, -0.25) is 4.98 Å². The molecule has 0 aliphatic heterocycles. The summed E-state index contributed by atoms with van der Waals surface area (Å²) in [5, 5.41) is 9.36. The van der Waals surface area contributed by atoms with Gasteiger partial charge in [0, 0.05) is 6.20 Å².